The summed E-state index contributed by atoms with van der Waals surface area (Å²) in [7, 11) is 0. The summed E-state index contributed by atoms with van der Waals surface area (Å²) < 4.78 is 1.66. The van der Waals surface area contributed by atoms with Crippen molar-refractivity contribution in [2.24, 2.45) is 0 Å². The summed E-state index contributed by atoms with van der Waals surface area (Å²) in [5.74, 6) is -0.596. The van der Waals surface area contributed by atoms with Gasteiger partial charge in [0.05, 0.1) is 11.8 Å². The first kappa shape index (κ1) is 16.8. The Morgan fingerprint density at radius 1 is 1.20 bits per heavy atom. The molecule has 0 aliphatic heterocycles. The summed E-state index contributed by atoms with van der Waals surface area (Å²) in [6.45, 7) is 3.63. The molecule has 2 heterocycles. The predicted octanol–water partition coefficient (Wildman–Crippen LogP) is 2.42. The quantitative estimate of drug-likeness (QED) is 0.754. The molecule has 8 heteroatoms. The van der Waals surface area contributed by atoms with E-state index >= 15 is 0 Å². The Labute approximate surface area is 147 Å². The maximum absolute atomic E-state index is 12.2. The fourth-order valence-corrected chi connectivity index (χ4v) is 3.09. The van der Waals surface area contributed by atoms with Crippen molar-refractivity contribution < 1.29 is 9.59 Å². The van der Waals surface area contributed by atoms with Crippen LogP contribution in [0.15, 0.2) is 40.8 Å². The van der Waals surface area contributed by atoms with Gasteiger partial charge in [0, 0.05) is 5.69 Å². The zero-order valence-electron chi connectivity index (χ0n) is 13.7. The number of nitrogens with zero attached hydrogens (tertiary/aromatic N) is 2. The maximum Gasteiger partial charge on any atom is 0.325 e. The molecule has 0 radical (unpaired) electrons. The average Bonchev–Trinajstić information content (AvgIpc) is 3.03. The third kappa shape index (κ3) is 3.74. The molecule has 0 unspecified atom stereocenters. The van der Waals surface area contributed by atoms with Gasteiger partial charge < -0.3 is 5.32 Å². The van der Waals surface area contributed by atoms with Gasteiger partial charge in [-0.25, -0.2) is 9.78 Å². The lowest BCUT2D eigenvalue weighted by atomic mass is 10.1. The predicted molar refractivity (Wildman–Crippen MR) is 97.0 cm³/mol. The van der Waals surface area contributed by atoms with Crippen molar-refractivity contribution >= 4 is 39.2 Å². The van der Waals surface area contributed by atoms with Crippen molar-refractivity contribution in [2.75, 3.05) is 5.32 Å². The summed E-state index contributed by atoms with van der Waals surface area (Å²) in [6.07, 6.45) is 1.30. The van der Waals surface area contributed by atoms with Crippen LogP contribution in [-0.4, -0.2) is 21.5 Å². The van der Waals surface area contributed by atoms with Gasteiger partial charge in [0.25, 0.3) is 5.56 Å². The molecule has 0 bridgehead atoms. The van der Waals surface area contributed by atoms with E-state index < -0.39 is 11.9 Å². The number of aryl methyl sites for hydroxylation is 2. The van der Waals surface area contributed by atoms with E-state index in [0.717, 1.165) is 11.1 Å². The van der Waals surface area contributed by atoms with Crippen LogP contribution in [0, 0.1) is 13.8 Å². The molecule has 2 N–H and O–H groups in total. The van der Waals surface area contributed by atoms with Crippen molar-refractivity contribution in [1.29, 1.82) is 0 Å². The topological polar surface area (TPSA) is 93.1 Å². The lowest BCUT2D eigenvalue weighted by molar-refractivity contribution is -0.120. The minimum Gasteiger partial charge on any atom is -0.308 e. The van der Waals surface area contributed by atoms with Gasteiger partial charge in [0.2, 0.25) is 5.91 Å². The van der Waals surface area contributed by atoms with Gasteiger partial charge >= 0.3 is 6.03 Å². The molecule has 0 saturated heterocycles. The second-order valence-corrected chi connectivity index (χ2v) is 6.53. The Balaban J connectivity index is 1.65. The van der Waals surface area contributed by atoms with Crippen LogP contribution in [0.4, 0.5) is 10.5 Å². The van der Waals surface area contributed by atoms with E-state index in [1.165, 1.54) is 22.2 Å². The fraction of sp³-hybridized carbons (Fsp3) is 0.176. The number of amides is 3. The molecule has 128 valence electrons. The van der Waals surface area contributed by atoms with Crippen molar-refractivity contribution in [3.63, 3.8) is 0 Å². The molecule has 1 aromatic carbocycles. The van der Waals surface area contributed by atoms with Crippen molar-refractivity contribution in [3.05, 3.63) is 57.5 Å². The molecule has 2 aromatic heterocycles. The highest BCUT2D eigenvalue weighted by atomic mass is 32.1. The molecule has 7 nitrogen and oxygen atoms in total. The zero-order chi connectivity index (χ0) is 18.0. The van der Waals surface area contributed by atoms with Gasteiger partial charge in [0.15, 0.2) is 0 Å². The second-order valence-electron chi connectivity index (χ2n) is 5.61. The second kappa shape index (κ2) is 6.86. The number of imide groups is 1. The average molecular weight is 356 g/mol. The number of anilines is 1. The smallest absolute Gasteiger partial charge is 0.308 e. The number of hydrogen-bond donors (Lipinski definition) is 2. The lowest BCUT2D eigenvalue weighted by Gasteiger charge is -2.09. The number of fused-ring (bicyclic) bond motifs is 1. The van der Waals surface area contributed by atoms with E-state index in [1.54, 1.807) is 17.5 Å². The normalized spacial score (nSPS) is 10.6. The van der Waals surface area contributed by atoms with Crippen LogP contribution in [0.3, 0.4) is 0 Å². The first-order valence-electron chi connectivity index (χ1n) is 7.55. The molecule has 3 rings (SSSR count). The van der Waals surface area contributed by atoms with Gasteiger partial charge in [-0.05, 0) is 48.6 Å². The van der Waals surface area contributed by atoms with Crippen LogP contribution >= 0.6 is 11.3 Å². The number of aromatic nitrogens is 2. The molecule has 0 spiro atoms. The van der Waals surface area contributed by atoms with Crippen molar-refractivity contribution in [3.8, 4) is 0 Å². The van der Waals surface area contributed by atoms with Crippen LogP contribution in [-0.2, 0) is 11.3 Å². The van der Waals surface area contributed by atoms with Gasteiger partial charge in [-0.1, -0.05) is 6.07 Å². The number of carbonyl (C=O) groups is 2. The highest BCUT2D eigenvalue weighted by Gasteiger charge is 2.12. The third-order valence-electron chi connectivity index (χ3n) is 3.77. The fourth-order valence-electron chi connectivity index (χ4n) is 2.29. The van der Waals surface area contributed by atoms with Crippen molar-refractivity contribution in [1.82, 2.24) is 14.9 Å². The summed E-state index contributed by atoms with van der Waals surface area (Å²) in [5, 5.41) is 6.57. The molecule has 3 amide bonds. The molecule has 3 aromatic rings. The summed E-state index contributed by atoms with van der Waals surface area (Å²) in [5.41, 5.74) is 3.03. The Kier molecular flexibility index (Phi) is 4.62. The molecular formula is C17H16N4O3S. The molecule has 0 aliphatic carbocycles. The van der Waals surface area contributed by atoms with Crippen LogP contribution in [0.2, 0.25) is 0 Å². The highest BCUT2D eigenvalue weighted by Crippen LogP contribution is 2.14. The van der Waals surface area contributed by atoms with Crippen LogP contribution < -0.4 is 16.2 Å². The van der Waals surface area contributed by atoms with Crippen LogP contribution in [0.25, 0.3) is 10.2 Å². The van der Waals surface area contributed by atoms with Gasteiger partial charge in [0.1, 0.15) is 11.2 Å². The SMILES string of the molecule is Cc1ccc(NC(=O)NC(=O)Cn2cnc3ccsc3c2=O)cc1C. The minimum absolute atomic E-state index is 0.278. The number of rotatable bonds is 3. The molecule has 0 saturated carbocycles. The Morgan fingerprint density at radius 3 is 2.76 bits per heavy atom. The number of benzene rings is 1. The summed E-state index contributed by atoms with van der Waals surface area (Å²) in [6, 6.07) is 6.55. The van der Waals surface area contributed by atoms with E-state index in [2.05, 4.69) is 15.6 Å². The number of hydrogen-bond acceptors (Lipinski definition) is 5. The maximum atomic E-state index is 12.2. The Bertz CT molecular complexity index is 1020. The molecule has 0 aliphatic rings. The zero-order valence-corrected chi connectivity index (χ0v) is 14.5. The third-order valence-corrected chi connectivity index (χ3v) is 4.66. The van der Waals surface area contributed by atoms with E-state index in [1.807, 2.05) is 26.0 Å². The number of carbonyl (C=O) groups excluding carboxylic acids is 2. The Morgan fingerprint density at radius 2 is 2.00 bits per heavy atom. The van der Waals surface area contributed by atoms with E-state index in [0.29, 0.717) is 15.9 Å². The summed E-state index contributed by atoms with van der Waals surface area (Å²) >= 11 is 1.27. The van der Waals surface area contributed by atoms with Crippen LogP contribution in [0.5, 0.6) is 0 Å². The van der Waals surface area contributed by atoms with Gasteiger partial charge in [-0.3, -0.25) is 19.5 Å². The standard InChI is InChI=1S/C17H16N4O3S/c1-10-3-4-12(7-11(10)2)19-17(24)20-14(22)8-21-9-18-13-5-6-25-15(13)16(21)23/h3-7,9H,8H2,1-2H3,(H2,19,20,22,24). The molecular weight excluding hydrogens is 340 g/mol. The van der Waals surface area contributed by atoms with E-state index in [-0.39, 0.29) is 12.1 Å². The molecule has 0 atom stereocenters. The Hall–Kier alpha value is -3.00. The number of nitrogens with one attached hydrogen (secondary N) is 2. The first-order chi connectivity index (χ1) is 11.9. The lowest BCUT2D eigenvalue weighted by Crippen LogP contribution is -2.38. The van der Waals surface area contributed by atoms with Crippen LogP contribution in [0.1, 0.15) is 11.1 Å². The monoisotopic (exact) mass is 356 g/mol. The van der Waals surface area contributed by atoms with Gasteiger partial charge in [-0.2, -0.15) is 0 Å². The minimum atomic E-state index is -0.647. The first-order valence-corrected chi connectivity index (χ1v) is 8.43. The largest absolute Gasteiger partial charge is 0.325 e. The molecule has 25 heavy (non-hydrogen) atoms. The highest BCUT2D eigenvalue weighted by molar-refractivity contribution is 7.17. The number of urea groups is 1. The van der Waals surface area contributed by atoms with Crippen molar-refractivity contribution in [2.45, 2.75) is 20.4 Å². The van der Waals surface area contributed by atoms with Gasteiger partial charge in [-0.15, -0.1) is 11.3 Å². The molecule has 0 fully saturated rings. The summed E-state index contributed by atoms with van der Waals surface area (Å²) in [4.78, 5) is 40.3. The van der Waals surface area contributed by atoms with E-state index in [4.69, 9.17) is 0 Å². The van der Waals surface area contributed by atoms with E-state index in [9.17, 15) is 14.4 Å². The number of thiophene rings is 1.